The fraction of sp³-hybridized carbons (Fsp3) is 0.375. The van der Waals surface area contributed by atoms with E-state index < -0.39 is 6.10 Å². The molecule has 0 fully saturated rings. The molecule has 0 amide bonds. The van der Waals surface area contributed by atoms with Gasteiger partial charge in [-0.05, 0) is 19.1 Å². The van der Waals surface area contributed by atoms with Crippen LogP contribution in [0.1, 0.15) is 18.7 Å². The summed E-state index contributed by atoms with van der Waals surface area (Å²) in [5, 5.41) is 9.49. The fourth-order valence-electron chi connectivity index (χ4n) is 0.786. The van der Waals surface area contributed by atoms with Crippen LogP contribution in [-0.4, -0.2) is 14.9 Å². The van der Waals surface area contributed by atoms with Crippen LogP contribution in [0.25, 0.3) is 0 Å². The molecule has 11 heavy (non-hydrogen) atoms. The number of halogens is 1. The molecular formula is C8H10BrNO. The lowest BCUT2D eigenvalue weighted by Gasteiger charge is -2.11. The molecule has 0 aliphatic carbocycles. The van der Waals surface area contributed by atoms with Crippen LogP contribution in [0.4, 0.5) is 0 Å². The van der Waals surface area contributed by atoms with Crippen LogP contribution in [-0.2, 0) is 0 Å². The van der Waals surface area contributed by atoms with Gasteiger partial charge in [0.15, 0.2) is 0 Å². The van der Waals surface area contributed by atoms with Crippen LogP contribution in [0.15, 0.2) is 24.4 Å². The zero-order valence-corrected chi connectivity index (χ0v) is 7.82. The predicted octanol–water partition coefficient (Wildman–Crippen LogP) is 1.90. The number of rotatable bonds is 2. The summed E-state index contributed by atoms with van der Waals surface area (Å²) in [4.78, 5) is 4.06. The summed E-state index contributed by atoms with van der Waals surface area (Å²) in [7, 11) is 0. The van der Waals surface area contributed by atoms with E-state index in [1.165, 1.54) is 0 Å². The standard InChI is InChI=1S/C8H10BrNO/c1-6(9)8(11)7-4-2-3-5-10-7/h2-6,8,11H,1H3. The number of alkyl halides is 1. The molecule has 0 aromatic carbocycles. The van der Waals surface area contributed by atoms with Gasteiger partial charge in [-0.15, -0.1) is 0 Å². The molecule has 2 nitrogen and oxygen atoms in total. The molecule has 1 N–H and O–H groups in total. The Morgan fingerprint density at radius 2 is 2.27 bits per heavy atom. The summed E-state index contributed by atoms with van der Waals surface area (Å²) in [6.45, 7) is 1.89. The second-order valence-electron chi connectivity index (χ2n) is 2.38. The zero-order chi connectivity index (χ0) is 8.27. The van der Waals surface area contributed by atoms with Crippen LogP contribution in [0, 0.1) is 0 Å². The maximum atomic E-state index is 9.49. The molecule has 0 radical (unpaired) electrons. The first kappa shape index (κ1) is 8.68. The minimum absolute atomic E-state index is 0.0393. The first-order chi connectivity index (χ1) is 5.22. The summed E-state index contributed by atoms with van der Waals surface area (Å²) in [5.41, 5.74) is 0.705. The van der Waals surface area contributed by atoms with Gasteiger partial charge in [-0.1, -0.05) is 22.0 Å². The van der Waals surface area contributed by atoms with E-state index in [9.17, 15) is 5.11 Å². The van der Waals surface area contributed by atoms with Crippen molar-refractivity contribution in [2.75, 3.05) is 0 Å². The van der Waals surface area contributed by atoms with E-state index >= 15 is 0 Å². The van der Waals surface area contributed by atoms with Gasteiger partial charge in [0.2, 0.25) is 0 Å². The monoisotopic (exact) mass is 215 g/mol. The Bertz CT molecular complexity index is 213. The molecule has 1 rings (SSSR count). The molecule has 0 bridgehead atoms. The molecule has 1 heterocycles. The average Bonchev–Trinajstić information content (AvgIpc) is 2.05. The van der Waals surface area contributed by atoms with Crippen molar-refractivity contribution in [2.24, 2.45) is 0 Å². The molecule has 0 saturated carbocycles. The smallest absolute Gasteiger partial charge is 0.108 e. The third-order valence-electron chi connectivity index (χ3n) is 1.43. The van der Waals surface area contributed by atoms with Gasteiger partial charge in [0.1, 0.15) is 6.10 Å². The summed E-state index contributed by atoms with van der Waals surface area (Å²) in [6.07, 6.45) is 1.16. The van der Waals surface area contributed by atoms with Crippen molar-refractivity contribution in [3.05, 3.63) is 30.1 Å². The summed E-state index contributed by atoms with van der Waals surface area (Å²) >= 11 is 3.29. The van der Waals surface area contributed by atoms with Crippen molar-refractivity contribution >= 4 is 15.9 Å². The largest absolute Gasteiger partial charge is 0.386 e. The van der Waals surface area contributed by atoms with Gasteiger partial charge in [-0.25, -0.2) is 0 Å². The second kappa shape index (κ2) is 3.83. The minimum atomic E-state index is -0.517. The second-order valence-corrected chi connectivity index (χ2v) is 3.82. The Morgan fingerprint density at radius 1 is 1.55 bits per heavy atom. The van der Waals surface area contributed by atoms with Crippen molar-refractivity contribution in [1.29, 1.82) is 0 Å². The molecule has 1 aromatic heterocycles. The minimum Gasteiger partial charge on any atom is -0.386 e. The molecule has 60 valence electrons. The van der Waals surface area contributed by atoms with Gasteiger partial charge >= 0.3 is 0 Å². The average molecular weight is 216 g/mol. The van der Waals surface area contributed by atoms with Crippen LogP contribution in [0.2, 0.25) is 0 Å². The lowest BCUT2D eigenvalue weighted by Crippen LogP contribution is -2.08. The highest BCUT2D eigenvalue weighted by Crippen LogP contribution is 2.19. The number of pyridine rings is 1. The lowest BCUT2D eigenvalue weighted by molar-refractivity contribution is 0.176. The predicted molar refractivity (Wildman–Crippen MR) is 47.6 cm³/mol. The maximum absolute atomic E-state index is 9.49. The van der Waals surface area contributed by atoms with Crippen molar-refractivity contribution in [3.8, 4) is 0 Å². The van der Waals surface area contributed by atoms with E-state index in [1.54, 1.807) is 6.20 Å². The molecule has 0 aliphatic rings. The van der Waals surface area contributed by atoms with Gasteiger partial charge in [0.05, 0.1) is 5.69 Å². The molecule has 0 spiro atoms. The highest BCUT2D eigenvalue weighted by Gasteiger charge is 2.13. The Balaban J connectivity index is 2.77. The van der Waals surface area contributed by atoms with Crippen LogP contribution in [0.3, 0.4) is 0 Å². The Kier molecular flexibility index (Phi) is 3.02. The molecule has 2 unspecified atom stereocenters. The van der Waals surface area contributed by atoms with E-state index in [1.807, 2.05) is 25.1 Å². The van der Waals surface area contributed by atoms with Gasteiger partial charge in [-0.2, -0.15) is 0 Å². The van der Waals surface area contributed by atoms with Gasteiger partial charge in [0, 0.05) is 11.0 Å². The molecule has 2 atom stereocenters. The third-order valence-corrected chi connectivity index (χ3v) is 1.93. The van der Waals surface area contributed by atoms with E-state index in [0.29, 0.717) is 5.69 Å². The summed E-state index contributed by atoms with van der Waals surface area (Å²) < 4.78 is 0. The van der Waals surface area contributed by atoms with E-state index in [2.05, 4.69) is 20.9 Å². The highest BCUT2D eigenvalue weighted by atomic mass is 79.9. The third kappa shape index (κ3) is 2.27. The van der Waals surface area contributed by atoms with E-state index in [0.717, 1.165) is 0 Å². The van der Waals surface area contributed by atoms with Crippen molar-refractivity contribution in [2.45, 2.75) is 17.9 Å². The number of aromatic nitrogens is 1. The van der Waals surface area contributed by atoms with E-state index in [4.69, 9.17) is 0 Å². The van der Waals surface area contributed by atoms with Crippen LogP contribution < -0.4 is 0 Å². The zero-order valence-electron chi connectivity index (χ0n) is 6.24. The Hall–Kier alpha value is -0.410. The fourth-order valence-corrected chi connectivity index (χ4v) is 1.06. The topological polar surface area (TPSA) is 33.1 Å². The molecule has 0 saturated heterocycles. The number of hydrogen-bond donors (Lipinski definition) is 1. The first-order valence-electron chi connectivity index (χ1n) is 3.45. The highest BCUT2D eigenvalue weighted by molar-refractivity contribution is 9.09. The van der Waals surface area contributed by atoms with Crippen LogP contribution in [0.5, 0.6) is 0 Å². The van der Waals surface area contributed by atoms with Crippen molar-refractivity contribution in [1.82, 2.24) is 4.98 Å². The number of aliphatic hydroxyl groups excluding tert-OH is 1. The number of nitrogens with zero attached hydrogens (tertiary/aromatic N) is 1. The Labute approximate surface area is 74.4 Å². The van der Waals surface area contributed by atoms with Gasteiger partial charge < -0.3 is 5.11 Å². The normalized spacial score (nSPS) is 15.9. The lowest BCUT2D eigenvalue weighted by atomic mass is 10.2. The Morgan fingerprint density at radius 3 is 2.73 bits per heavy atom. The quantitative estimate of drug-likeness (QED) is 0.766. The van der Waals surface area contributed by atoms with Gasteiger partial charge in [-0.3, -0.25) is 4.98 Å². The summed E-state index contributed by atoms with van der Waals surface area (Å²) in [6, 6.07) is 5.50. The first-order valence-corrected chi connectivity index (χ1v) is 4.36. The molecule has 3 heteroatoms. The van der Waals surface area contributed by atoms with E-state index in [-0.39, 0.29) is 4.83 Å². The molecule has 0 aliphatic heterocycles. The number of hydrogen-bond acceptors (Lipinski definition) is 2. The van der Waals surface area contributed by atoms with Gasteiger partial charge in [0.25, 0.3) is 0 Å². The SMILES string of the molecule is CC(Br)C(O)c1ccccn1. The summed E-state index contributed by atoms with van der Waals surface area (Å²) in [5.74, 6) is 0. The molecule has 1 aromatic rings. The maximum Gasteiger partial charge on any atom is 0.108 e. The number of aliphatic hydroxyl groups is 1. The van der Waals surface area contributed by atoms with Crippen molar-refractivity contribution in [3.63, 3.8) is 0 Å². The van der Waals surface area contributed by atoms with Crippen molar-refractivity contribution < 1.29 is 5.11 Å². The van der Waals surface area contributed by atoms with Crippen LogP contribution >= 0.6 is 15.9 Å². The molecular weight excluding hydrogens is 206 g/mol.